The molecule has 2 N–H and O–H groups in total. The molecule has 0 atom stereocenters. The first-order chi connectivity index (χ1) is 10.5. The summed E-state index contributed by atoms with van der Waals surface area (Å²) in [6.45, 7) is 3.35. The average molecular weight is 343 g/mol. The molecule has 0 unspecified atom stereocenters. The Bertz CT molecular complexity index is 641. The Balaban J connectivity index is 2.40. The minimum atomic E-state index is -3.55. The average Bonchev–Trinajstić information content (AvgIpc) is 3.04. The van der Waals surface area contributed by atoms with Crippen molar-refractivity contribution >= 4 is 33.0 Å². The fraction of sp³-hybridized carbons (Fsp3) is 0.500. The van der Waals surface area contributed by atoms with E-state index in [9.17, 15) is 8.42 Å². The predicted molar refractivity (Wildman–Crippen MR) is 90.9 cm³/mol. The minimum Gasteiger partial charge on any atom is -0.492 e. The van der Waals surface area contributed by atoms with Crippen LogP contribution in [0, 0.1) is 0 Å². The molecule has 8 heteroatoms. The molecule has 2 rings (SSSR count). The molecule has 6 nitrogen and oxygen atoms in total. The predicted octanol–water partition coefficient (Wildman–Crippen LogP) is 1.79. The van der Waals surface area contributed by atoms with Crippen LogP contribution in [0.4, 0.5) is 5.69 Å². The van der Waals surface area contributed by atoms with Gasteiger partial charge in [-0.25, -0.2) is 8.42 Å². The molecule has 0 saturated carbocycles. The molecule has 1 saturated heterocycles. The zero-order chi connectivity index (χ0) is 16.2. The van der Waals surface area contributed by atoms with Crippen molar-refractivity contribution in [1.82, 2.24) is 9.62 Å². The van der Waals surface area contributed by atoms with Crippen molar-refractivity contribution in [2.45, 2.75) is 24.7 Å². The van der Waals surface area contributed by atoms with Crippen LogP contribution in [0.15, 0.2) is 23.1 Å². The minimum absolute atomic E-state index is 0.181. The molecular weight excluding hydrogens is 322 g/mol. The summed E-state index contributed by atoms with van der Waals surface area (Å²) in [5, 5.41) is 6.17. The Labute approximate surface area is 136 Å². The number of nitrogens with one attached hydrogen (secondary N) is 2. The quantitative estimate of drug-likeness (QED) is 0.794. The van der Waals surface area contributed by atoms with Crippen molar-refractivity contribution in [2.75, 3.05) is 32.1 Å². The zero-order valence-electron chi connectivity index (χ0n) is 12.8. The second kappa shape index (κ2) is 7.26. The lowest BCUT2D eigenvalue weighted by atomic mass is 10.3. The summed E-state index contributed by atoms with van der Waals surface area (Å²) in [6, 6.07) is 4.98. The van der Waals surface area contributed by atoms with Crippen LogP contribution >= 0.6 is 12.2 Å². The number of ether oxygens (including phenoxy) is 1. The first kappa shape index (κ1) is 17.0. The van der Waals surface area contributed by atoms with E-state index in [0.717, 1.165) is 12.8 Å². The summed E-state index contributed by atoms with van der Waals surface area (Å²) in [4.78, 5) is 0.181. The lowest BCUT2D eigenvalue weighted by Gasteiger charge is -2.19. The van der Waals surface area contributed by atoms with E-state index in [4.69, 9.17) is 17.0 Å². The van der Waals surface area contributed by atoms with E-state index in [1.807, 2.05) is 6.92 Å². The van der Waals surface area contributed by atoms with Gasteiger partial charge < -0.3 is 15.4 Å². The van der Waals surface area contributed by atoms with Crippen LogP contribution in [0.2, 0.25) is 0 Å². The molecule has 0 bridgehead atoms. The fourth-order valence-electron chi connectivity index (χ4n) is 2.32. The number of hydrogen-bond acceptors (Lipinski definition) is 4. The standard InChI is InChI=1S/C14H21N3O3S2/c1-3-20-12-7-6-11(16-14(21)15-2)10-13(12)22(18,19)17-8-4-5-9-17/h6-7,10H,3-5,8-9H2,1-2H3,(H2,15,16,21). The van der Waals surface area contributed by atoms with Gasteiger partial charge in [0, 0.05) is 25.8 Å². The molecule has 1 aliphatic heterocycles. The Morgan fingerprint density at radius 2 is 2.05 bits per heavy atom. The van der Waals surface area contributed by atoms with Crippen LogP contribution < -0.4 is 15.4 Å². The highest BCUT2D eigenvalue weighted by Crippen LogP contribution is 2.31. The summed E-state index contributed by atoms with van der Waals surface area (Å²) in [5.41, 5.74) is 0.612. The molecule has 1 heterocycles. The highest BCUT2D eigenvalue weighted by molar-refractivity contribution is 7.89. The van der Waals surface area contributed by atoms with E-state index < -0.39 is 10.0 Å². The van der Waals surface area contributed by atoms with Gasteiger partial charge in [0.1, 0.15) is 10.6 Å². The summed E-state index contributed by atoms with van der Waals surface area (Å²) in [5.74, 6) is 0.371. The number of hydrogen-bond donors (Lipinski definition) is 2. The number of nitrogens with zero attached hydrogens (tertiary/aromatic N) is 1. The molecular formula is C14H21N3O3S2. The lowest BCUT2D eigenvalue weighted by Crippen LogP contribution is -2.29. The fourth-order valence-corrected chi connectivity index (χ4v) is 4.12. The van der Waals surface area contributed by atoms with Crippen molar-refractivity contribution in [3.05, 3.63) is 18.2 Å². The van der Waals surface area contributed by atoms with Crippen molar-refractivity contribution < 1.29 is 13.2 Å². The zero-order valence-corrected chi connectivity index (χ0v) is 14.4. The van der Waals surface area contributed by atoms with Crippen LogP contribution in [-0.2, 0) is 10.0 Å². The Hall–Kier alpha value is -1.38. The van der Waals surface area contributed by atoms with Crippen LogP contribution in [0.1, 0.15) is 19.8 Å². The maximum absolute atomic E-state index is 12.8. The van der Waals surface area contributed by atoms with Gasteiger partial charge in [-0.15, -0.1) is 0 Å². The second-order valence-electron chi connectivity index (χ2n) is 4.91. The Morgan fingerprint density at radius 1 is 1.36 bits per heavy atom. The topological polar surface area (TPSA) is 70.7 Å². The summed E-state index contributed by atoms with van der Waals surface area (Å²) in [7, 11) is -1.85. The van der Waals surface area contributed by atoms with Crippen LogP contribution in [0.3, 0.4) is 0 Å². The molecule has 0 radical (unpaired) electrons. The molecule has 1 aliphatic rings. The summed E-state index contributed by atoms with van der Waals surface area (Å²) >= 11 is 5.05. The van der Waals surface area contributed by atoms with Gasteiger partial charge in [0.15, 0.2) is 5.11 Å². The first-order valence-corrected chi connectivity index (χ1v) is 9.09. The van der Waals surface area contributed by atoms with Gasteiger partial charge in [-0.2, -0.15) is 4.31 Å². The van der Waals surface area contributed by atoms with E-state index in [2.05, 4.69) is 10.6 Å². The normalized spacial score (nSPS) is 15.5. The number of benzene rings is 1. The summed E-state index contributed by atoms with van der Waals surface area (Å²) in [6.07, 6.45) is 1.79. The molecule has 1 aromatic rings. The number of thiocarbonyl (C=S) groups is 1. The van der Waals surface area contributed by atoms with Crippen LogP contribution in [0.5, 0.6) is 5.75 Å². The van der Waals surface area contributed by atoms with Gasteiger partial charge in [-0.1, -0.05) is 0 Å². The van der Waals surface area contributed by atoms with Crippen LogP contribution in [0.25, 0.3) is 0 Å². The number of anilines is 1. The van der Waals surface area contributed by atoms with Gasteiger partial charge in [0.25, 0.3) is 0 Å². The Kier molecular flexibility index (Phi) is 5.60. The SMILES string of the molecule is CCOc1ccc(NC(=S)NC)cc1S(=O)(=O)N1CCCC1. The Morgan fingerprint density at radius 3 is 2.64 bits per heavy atom. The molecule has 0 aromatic heterocycles. The molecule has 0 amide bonds. The van der Waals surface area contributed by atoms with E-state index in [-0.39, 0.29) is 4.90 Å². The van der Waals surface area contributed by atoms with Crippen molar-refractivity contribution in [3.8, 4) is 5.75 Å². The van der Waals surface area contributed by atoms with Crippen molar-refractivity contribution in [1.29, 1.82) is 0 Å². The summed E-state index contributed by atoms with van der Waals surface area (Å²) < 4.78 is 32.6. The number of rotatable bonds is 5. The van der Waals surface area contributed by atoms with Gasteiger partial charge in [-0.05, 0) is 50.2 Å². The number of sulfonamides is 1. The van der Waals surface area contributed by atoms with Gasteiger partial charge in [-0.3, -0.25) is 0 Å². The molecule has 0 aliphatic carbocycles. The van der Waals surface area contributed by atoms with Gasteiger partial charge >= 0.3 is 0 Å². The molecule has 1 fully saturated rings. The third-order valence-corrected chi connectivity index (χ3v) is 5.64. The van der Waals surface area contributed by atoms with Gasteiger partial charge in [0.05, 0.1) is 6.61 Å². The van der Waals surface area contributed by atoms with E-state index in [0.29, 0.717) is 36.2 Å². The smallest absolute Gasteiger partial charge is 0.246 e. The monoisotopic (exact) mass is 343 g/mol. The highest BCUT2D eigenvalue weighted by atomic mass is 32.2. The maximum Gasteiger partial charge on any atom is 0.246 e. The lowest BCUT2D eigenvalue weighted by molar-refractivity contribution is 0.330. The van der Waals surface area contributed by atoms with Crippen molar-refractivity contribution in [3.63, 3.8) is 0 Å². The second-order valence-corrected chi connectivity index (χ2v) is 7.22. The molecule has 122 valence electrons. The van der Waals surface area contributed by atoms with E-state index >= 15 is 0 Å². The molecule has 0 spiro atoms. The van der Waals surface area contributed by atoms with Crippen LogP contribution in [-0.4, -0.2) is 44.6 Å². The highest BCUT2D eigenvalue weighted by Gasteiger charge is 2.30. The molecule has 22 heavy (non-hydrogen) atoms. The maximum atomic E-state index is 12.8. The van der Waals surface area contributed by atoms with E-state index in [1.54, 1.807) is 25.2 Å². The van der Waals surface area contributed by atoms with Gasteiger partial charge in [0.2, 0.25) is 10.0 Å². The van der Waals surface area contributed by atoms with E-state index in [1.165, 1.54) is 4.31 Å². The van der Waals surface area contributed by atoms with Crippen molar-refractivity contribution in [2.24, 2.45) is 0 Å². The molecule has 1 aromatic carbocycles. The third kappa shape index (κ3) is 3.68. The largest absolute Gasteiger partial charge is 0.492 e. The third-order valence-electron chi connectivity index (χ3n) is 3.41. The first-order valence-electron chi connectivity index (χ1n) is 7.24.